The minimum absolute atomic E-state index is 0.286. The highest BCUT2D eigenvalue weighted by Crippen LogP contribution is 2.39. The van der Waals surface area contributed by atoms with Crippen molar-refractivity contribution in [3.05, 3.63) is 65.2 Å². The lowest BCUT2D eigenvalue weighted by atomic mass is 9.91. The molecule has 0 aliphatic carbocycles. The van der Waals surface area contributed by atoms with Gasteiger partial charge in [0.1, 0.15) is 24.4 Å². The van der Waals surface area contributed by atoms with Gasteiger partial charge in [-0.2, -0.15) is 0 Å². The van der Waals surface area contributed by atoms with E-state index in [1.807, 2.05) is 48.5 Å². The lowest BCUT2D eigenvalue weighted by Gasteiger charge is -2.23. The van der Waals surface area contributed by atoms with E-state index in [1.165, 1.54) is 0 Å². The molecule has 0 saturated carbocycles. The molecule has 0 aromatic heterocycles. The first-order valence-electron chi connectivity index (χ1n) is 6.39. The van der Waals surface area contributed by atoms with Crippen LogP contribution in [0.4, 0.5) is 0 Å². The number of fused-ring (bicyclic) bond motifs is 1. The number of rotatable bonds is 3. The maximum Gasteiger partial charge on any atom is 0.150 e. The third-order valence-corrected chi connectivity index (χ3v) is 3.38. The molecule has 2 aromatic carbocycles. The lowest BCUT2D eigenvalue weighted by Crippen LogP contribution is -2.13. The Bertz CT molecular complexity index is 686. The van der Waals surface area contributed by atoms with Gasteiger partial charge < -0.3 is 9.47 Å². The lowest BCUT2D eigenvalue weighted by molar-refractivity contribution is -0.105. The van der Waals surface area contributed by atoms with E-state index in [-0.39, 0.29) is 6.61 Å². The highest BCUT2D eigenvalue weighted by Gasteiger charge is 2.22. The van der Waals surface area contributed by atoms with Crippen LogP contribution in [0.15, 0.2) is 54.1 Å². The number of hydrogen-bond donors (Lipinski definition) is 0. The van der Waals surface area contributed by atoms with Gasteiger partial charge in [-0.3, -0.25) is 4.79 Å². The van der Waals surface area contributed by atoms with Gasteiger partial charge in [0.25, 0.3) is 0 Å². The monoisotopic (exact) mass is 266 g/mol. The first-order chi connectivity index (χ1) is 9.85. The van der Waals surface area contributed by atoms with Crippen molar-refractivity contribution in [2.75, 3.05) is 13.7 Å². The summed E-state index contributed by atoms with van der Waals surface area (Å²) in [5.74, 6) is 1.54. The average Bonchev–Trinajstić information content (AvgIpc) is 2.53. The molecule has 3 nitrogen and oxygen atoms in total. The van der Waals surface area contributed by atoms with Crippen molar-refractivity contribution in [3.63, 3.8) is 0 Å². The van der Waals surface area contributed by atoms with Crippen LogP contribution in [-0.2, 0) is 4.79 Å². The smallest absolute Gasteiger partial charge is 0.150 e. The van der Waals surface area contributed by atoms with Gasteiger partial charge >= 0.3 is 0 Å². The van der Waals surface area contributed by atoms with E-state index in [0.717, 1.165) is 34.5 Å². The van der Waals surface area contributed by atoms with Crippen molar-refractivity contribution < 1.29 is 14.3 Å². The summed E-state index contributed by atoms with van der Waals surface area (Å²) >= 11 is 0. The fraction of sp³-hybridized carbons (Fsp3) is 0.118. The molecule has 3 rings (SSSR count). The molecule has 0 amide bonds. The Morgan fingerprint density at radius 1 is 1.05 bits per heavy atom. The van der Waals surface area contributed by atoms with Crippen LogP contribution >= 0.6 is 0 Å². The van der Waals surface area contributed by atoms with Gasteiger partial charge in [-0.1, -0.05) is 36.4 Å². The molecule has 0 atom stereocenters. The van der Waals surface area contributed by atoms with Gasteiger partial charge in [-0.25, -0.2) is 0 Å². The van der Waals surface area contributed by atoms with Crippen LogP contribution in [0.3, 0.4) is 0 Å². The van der Waals surface area contributed by atoms with Crippen molar-refractivity contribution in [1.82, 2.24) is 0 Å². The molecule has 1 aliphatic rings. The largest absolute Gasteiger partial charge is 0.496 e. The number of hydrogen-bond acceptors (Lipinski definition) is 3. The first kappa shape index (κ1) is 12.5. The van der Waals surface area contributed by atoms with E-state index in [4.69, 9.17) is 9.47 Å². The molecule has 0 unspecified atom stereocenters. The molecule has 0 bridgehead atoms. The normalized spacial score (nSPS) is 13.4. The molecule has 0 radical (unpaired) electrons. The molecule has 100 valence electrons. The maximum atomic E-state index is 11.4. The summed E-state index contributed by atoms with van der Waals surface area (Å²) in [6, 6.07) is 15.4. The summed E-state index contributed by atoms with van der Waals surface area (Å²) < 4.78 is 11.0. The quantitative estimate of drug-likeness (QED) is 0.801. The highest BCUT2D eigenvalue weighted by molar-refractivity contribution is 5.98. The van der Waals surface area contributed by atoms with Crippen LogP contribution in [0, 0.1) is 0 Å². The molecule has 2 aromatic rings. The van der Waals surface area contributed by atoms with Crippen LogP contribution in [0.5, 0.6) is 11.5 Å². The Hall–Kier alpha value is -2.55. The van der Waals surface area contributed by atoms with E-state index < -0.39 is 0 Å². The standard InChI is InChI=1S/C17H14O3/c1-19-15-8-4-2-6-13(15)17-12(10-18)11-20-16-9-5-3-7-14(16)17/h2-10H,11H2,1H3. The molecule has 1 aliphatic heterocycles. The second-order valence-corrected chi connectivity index (χ2v) is 4.50. The number of methoxy groups -OCH3 is 1. The SMILES string of the molecule is COc1ccccc1C1=C(C=O)COc2ccccc21. The van der Waals surface area contributed by atoms with E-state index >= 15 is 0 Å². The molecule has 1 heterocycles. The Morgan fingerprint density at radius 2 is 1.75 bits per heavy atom. The summed E-state index contributed by atoms with van der Waals surface area (Å²) in [5.41, 5.74) is 3.35. The first-order valence-corrected chi connectivity index (χ1v) is 6.39. The van der Waals surface area contributed by atoms with Gasteiger partial charge in [0.2, 0.25) is 0 Å². The predicted octanol–water partition coefficient (Wildman–Crippen LogP) is 3.09. The molecule has 0 saturated heterocycles. The highest BCUT2D eigenvalue weighted by atomic mass is 16.5. The zero-order valence-corrected chi connectivity index (χ0v) is 11.1. The van der Waals surface area contributed by atoms with E-state index in [0.29, 0.717) is 5.57 Å². The second kappa shape index (κ2) is 5.21. The molecule has 3 heteroatoms. The van der Waals surface area contributed by atoms with Gasteiger partial charge in [0.15, 0.2) is 0 Å². The van der Waals surface area contributed by atoms with E-state index in [2.05, 4.69) is 0 Å². The molecule has 0 N–H and O–H groups in total. The molecule has 0 fully saturated rings. The van der Waals surface area contributed by atoms with Crippen LogP contribution < -0.4 is 9.47 Å². The van der Waals surface area contributed by atoms with Crippen LogP contribution in [0.2, 0.25) is 0 Å². The van der Waals surface area contributed by atoms with Crippen molar-refractivity contribution >= 4 is 11.9 Å². The summed E-state index contributed by atoms with van der Waals surface area (Å²) in [4.78, 5) is 11.4. The molecule has 20 heavy (non-hydrogen) atoms. The summed E-state index contributed by atoms with van der Waals surface area (Å²) in [7, 11) is 1.63. The fourth-order valence-corrected chi connectivity index (χ4v) is 2.46. The minimum Gasteiger partial charge on any atom is -0.496 e. The van der Waals surface area contributed by atoms with Crippen LogP contribution in [0.1, 0.15) is 11.1 Å². The van der Waals surface area contributed by atoms with Gasteiger partial charge in [0, 0.05) is 22.3 Å². The number of carbonyl (C=O) groups excluding carboxylic acids is 1. The fourth-order valence-electron chi connectivity index (χ4n) is 2.46. The Kier molecular flexibility index (Phi) is 3.25. The third kappa shape index (κ3) is 1.97. The zero-order valence-electron chi connectivity index (χ0n) is 11.1. The summed E-state index contributed by atoms with van der Waals surface area (Å²) in [6.07, 6.45) is 0.859. The molecular weight excluding hydrogens is 252 g/mol. The van der Waals surface area contributed by atoms with Crippen molar-refractivity contribution in [3.8, 4) is 11.5 Å². The Balaban J connectivity index is 2.27. The number of benzene rings is 2. The maximum absolute atomic E-state index is 11.4. The van der Waals surface area contributed by atoms with E-state index in [9.17, 15) is 4.79 Å². The number of ether oxygens (including phenoxy) is 2. The third-order valence-electron chi connectivity index (χ3n) is 3.38. The van der Waals surface area contributed by atoms with E-state index in [1.54, 1.807) is 7.11 Å². The van der Waals surface area contributed by atoms with Crippen molar-refractivity contribution in [2.45, 2.75) is 0 Å². The van der Waals surface area contributed by atoms with Crippen LogP contribution in [0.25, 0.3) is 5.57 Å². The Morgan fingerprint density at radius 3 is 2.50 bits per heavy atom. The number of para-hydroxylation sites is 2. The molecule has 0 spiro atoms. The second-order valence-electron chi connectivity index (χ2n) is 4.50. The van der Waals surface area contributed by atoms with Gasteiger partial charge in [-0.15, -0.1) is 0 Å². The van der Waals surface area contributed by atoms with Crippen molar-refractivity contribution in [1.29, 1.82) is 0 Å². The van der Waals surface area contributed by atoms with Crippen LogP contribution in [-0.4, -0.2) is 20.0 Å². The zero-order chi connectivity index (χ0) is 13.9. The predicted molar refractivity (Wildman–Crippen MR) is 77.0 cm³/mol. The topological polar surface area (TPSA) is 35.5 Å². The Labute approximate surface area is 117 Å². The number of carbonyl (C=O) groups is 1. The van der Waals surface area contributed by atoms with Gasteiger partial charge in [-0.05, 0) is 12.1 Å². The van der Waals surface area contributed by atoms with Gasteiger partial charge in [0.05, 0.1) is 7.11 Å². The summed E-state index contributed by atoms with van der Waals surface area (Å²) in [5, 5.41) is 0. The van der Waals surface area contributed by atoms with Crippen molar-refractivity contribution in [2.24, 2.45) is 0 Å². The number of aldehydes is 1. The molecular formula is C17H14O3. The summed E-state index contributed by atoms with van der Waals surface area (Å²) in [6.45, 7) is 0.286. The average molecular weight is 266 g/mol. The minimum atomic E-state index is 0.286.